The zero-order valence-electron chi connectivity index (χ0n) is 8.92. The number of carbonyl (C=O) groups is 1. The quantitative estimate of drug-likeness (QED) is 0.724. The lowest BCUT2D eigenvalue weighted by atomic mass is 9.97. The molecule has 0 spiro atoms. The third-order valence-corrected chi connectivity index (χ3v) is 2.64. The number of hydrogen-bond acceptors (Lipinski definition) is 2. The first-order valence-electron chi connectivity index (χ1n) is 5.32. The average Bonchev–Trinajstić information content (AvgIpc) is 2.88. The van der Waals surface area contributed by atoms with E-state index >= 15 is 0 Å². The summed E-state index contributed by atoms with van der Waals surface area (Å²) < 4.78 is 0. The Bertz CT molecular complexity index is 238. The van der Waals surface area contributed by atoms with E-state index in [4.69, 9.17) is 5.26 Å². The smallest absolute Gasteiger partial charge is 0.237 e. The number of amides is 1. The number of hydrogen-bond donors (Lipinski definition) is 1. The highest BCUT2D eigenvalue weighted by Gasteiger charge is 2.23. The van der Waals surface area contributed by atoms with Gasteiger partial charge in [-0.25, -0.2) is 0 Å². The van der Waals surface area contributed by atoms with Crippen molar-refractivity contribution >= 4 is 5.91 Å². The van der Waals surface area contributed by atoms with Gasteiger partial charge in [0.05, 0.1) is 6.07 Å². The third-order valence-electron chi connectivity index (χ3n) is 2.64. The monoisotopic (exact) mass is 194 g/mol. The van der Waals surface area contributed by atoms with Gasteiger partial charge < -0.3 is 5.32 Å². The Labute approximate surface area is 85.5 Å². The fraction of sp³-hybridized carbons (Fsp3) is 0.818. The van der Waals surface area contributed by atoms with Crippen molar-refractivity contribution in [3.8, 4) is 6.07 Å². The van der Waals surface area contributed by atoms with Crippen molar-refractivity contribution in [1.82, 2.24) is 5.32 Å². The Morgan fingerprint density at radius 3 is 2.64 bits per heavy atom. The van der Waals surface area contributed by atoms with Crippen LogP contribution in [0.5, 0.6) is 0 Å². The minimum atomic E-state index is -0.491. The molecule has 1 amide bonds. The first-order chi connectivity index (χ1) is 6.65. The Morgan fingerprint density at radius 1 is 1.57 bits per heavy atom. The summed E-state index contributed by atoms with van der Waals surface area (Å²) in [5.41, 5.74) is 0. The highest BCUT2D eigenvalue weighted by molar-refractivity contribution is 5.81. The molecule has 1 rings (SSSR count). The molecular formula is C11H18N2O. The van der Waals surface area contributed by atoms with Crippen molar-refractivity contribution in [2.24, 2.45) is 17.8 Å². The van der Waals surface area contributed by atoms with Crippen LogP contribution in [-0.4, -0.2) is 12.5 Å². The first-order valence-corrected chi connectivity index (χ1v) is 5.32. The van der Waals surface area contributed by atoms with Gasteiger partial charge in [0.1, 0.15) is 5.92 Å². The molecule has 3 nitrogen and oxygen atoms in total. The van der Waals surface area contributed by atoms with Crippen LogP contribution >= 0.6 is 0 Å². The standard InChI is InChI=1S/C11H18N2O/c1-8(2)10(7-12)11(14)13-6-5-9-3-4-9/h8-10H,3-6H2,1-2H3,(H,13,14). The Hall–Kier alpha value is -1.04. The molecule has 14 heavy (non-hydrogen) atoms. The predicted molar refractivity (Wildman–Crippen MR) is 54.3 cm³/mol. The van der Waals surface area contributed by atoms with Crippen molar-refractivity contribution in [2.75, 3.05) is 6.54 Å². The van der Waals surface area contributed by atoms with E-state index in [0.717, 1.165) is 18.9 Å². The Balaban J connectivity index is 2.21. The molecule has 0 aromatic carbocycles. The zero-order chi connectivity index (χ0) is 10.6. The molecule has 1 atom stereocenters. The van der Waals surface area contributed by atoms with Crippen LogP contribution in [0.1, 0.15) is 33.1 Å². The fourth-order valence-corrected chi connectivity index (χ4v) is 1.43. The van der Waals surface area contributed by atoms with Crippen LogP contribution in [0.25, 0.3) is 0 Å². The summed E-state index contributed by atoms with van der Waals surface area (Å²) in [4.78, 5) is 11.5. The molecule has 1 saturated carbocycles. The molecule has 1 unspecified atom stereocenters. The summed E-state index contributed by atoms with van der Waals surface area (Å²) in [5.74, 6) is 0.327. The van der Waals surface area contributed by atoms with Gasteiger partial charge in [-0.3, -0.25) is 4.79 Å². The second kappa shape index (κ2) is 4.99. The molecule has 0 bridgehead atoms. The topological polar surface area (TPSA) is 52.9 Å². The Morgan fingerprint density at radius 2 is 2.21 bits per heavy atom. The number of nitrogens with one attached hydrogen (secondary N) is 1. The minimum Gasteiger partial charge on any atom is -0.355 e. The first kappa shape index (κ1) is 11.0. The van der Waals surface area contributed by atoms with Crippen LogP contribution in [0.15, 0.2) is 0 Å². The van der Waals surface area contributed by atoms with E-state index in [0.29, 0.717) is 0 Å². The van der Waals surface area contributed by atoms with Crippen LogP contribution < -0.4 is 5.32 Å². The van der Waals surface area contributed by atoms with Gasteiger partial charge >= 0.3 is 0 Å². The van der Waals surface area contributed by atoms with Gasteiger partial charge in [-0.15, -0.1) is 0 Å². The van der Waals surface area contributed by atoms with Gasteiger partial charge in [0.25, 0.3) is 0 Å². The molecule has 1 N–H and O–H groups in total. The largest absolute Gasteiger partial charge is 0.355 e. The van der Waals surface area contributed by atoms with Crippen LogP contribution in [0.2, 0.25) is 0 Å². The molecule has 0 aliphatic heterocycles. The molecule has 1 fully saturated rings. The SMILES string of the molecule is CC(C)C(C#N)C(=O)NCCC1CC1. The lowest BCUT2D eigenvalue weighted by Gasteiger charge is -2.12. The molecular weight excluding hydrogens is 176 g/mol. The molecule has 0 heterocycles. The lowest BCUT2D eigenvalue weighted by molar-refractivity contribution is -0.124. The summed E-state index contributed by atoms with van der Waals surface area (Å²) in [7, 11) is 0. The molecule has 0 radical (unpaired) electrons. The van der Waals surface area contributed by atoms with E-state index in [9.17, 15) is 4.79 Å². The van der Waals surface area contributed by atoms with Crippen molar-refractivity contribution in [1.29, 1.82) is 5.26 Å². The predicted octanol–water partition coefficient (Wildman–Crippen LogP) is 1.70. The second-order valence-electron chi connectivity index (χ2n) is 4.37. The van der Waals surface area contributed by atoms with E-state index < -0.39 is 5.92 Å². The fourth-order valence-electron chi connectivity index (χ4n) is 1.43. The van der Waals surface area contributed by atoms with Crippen LogP contribution in [0.4, 0.5) is 0 Å². The average molecular weight is 194 g/mol. The van der Waals surface area contributed by atoms with Gasteiger partial charge in [-0.2, -0.15) is 5.26 Å². The minimum absolute atomic E-state index is 0.0981. The summed E-state index contributed by atoms with van der Waals surface area (Å²) >= 11 is 0. The maximum absolute atomic E-state index is 11.5. The highest BCUT2D eigenvalue weighted by atomic mass is 16.1. The number of nitriles is 1. The molecule has 1 aliphatic carbocycles. The van der Waals surface area contributed by atoms with Gasteiger partial charge in [-0.1, -0.05) is 26.7 Å². The van der Waals surface area contributed by atoms with E-state index in [1.165, 1.54) is 12.8 Å². The van der Waals surface area contributed by atoms with Gasteiger partial charge in [0.15, 0.2) is 0 Å². The van der Waals surface area contributed by atoms with E-state index in [1.54, 1.807) is 0 Å². The van der Waals surface area contributed by atoms with Gasteiger partial charge in [0.2, 0.25) is 5.91 Å². The highest BCUT2D eigenvalue weighted by Crippen LogP contribution is 2.31. The summed E-state index contributed by atoms with van der Waals surface area (Å²) in [6, 6.07) is 2.04. The molecule has 0 aromatic rings. The molecule has 3 heteroatoms. The summed E-state index contributed by atoms with van der Waals surface area (Å²) in [5, 5.41) is 11.6. The van der Waals surface area contributed by atoms with E-state index in [1.807, 2.05) is 19.9 Å². The van der Waals surface area contributed by atoms with Gasteiger partial charge in [-0.05, 0) is 18.3 Å². The summed E-state index contributed by atoms with van der Waals surface area (Å²) in [6.07, 6.45) is 3.69. The maximum Gasteiger partial charge on any atom is 0.237 e. The maximum atomic E-state index is 11.5. The molecule has 0 saturated heterocycles. The number of rotatable bonds is 5. The molecule has 1 aliphatic rings. The van der Waals surface area contributed by atoms with Gasteiger partial charge in [0, 0.05) is 6.54 Å². The Kier molecular flexibility index (Phi) is 3.94. The van der Waals surface area contributed by atoms with Crippen molar-refractivity contribution in [3.63, 3.8) is 0 Å². The molecule has 0 aromatic heterocycles. The normalized spacial score (nSPS) is 17.6. The van der Waals surface area contributed by atoms with Crippen molar-refractivity contribution in [3.05, 3.63) is 0 Å². The van der Waals surface area contributed by atoms with Crippen molar-refractivity contribution < 1.29 is 4.79 Å². The van der Waals surface area contributed by atoms with Crippen LogP contribution in [0.3, 0.4) is 0 Å². The number of nitrogens with zero attached hydrogens (tertiary/aromatic N) is 1. The summed E-state index contributed by atoms with van der Waals surface area (Å²) in [6.45, 7) is 4.52. The lowest BCUT2D eigenvalue weighted by Crippen LogP contribution is -2.33. The van der Waals surface area contributed by atoms with E-state index in [-0.39, 0.29) is 11.8 Å². The second-order valence-corrected chi connectivity index (χ2v) is 4.37. The number of carbonyl (C=O) groups excluding carboxylic acids is 1. The third kappa shape index (κ3) is 3.37. The van der Waals surface area contributed by atoms with Crippen LogP contribution in [0, 0.1) is 29.1 Å². The van der Waals surface area contributed by atoms with E-state index in [2.05, 4.69) is 5.32 Å². The van der Waals surface area contributed by atoms with Crippen LogP contribution in [-0.2, 0) is 4.79 Å². The zero-order valence-corrected chi connectivity index (χ0v) is 8.92. The van der Waals surface area contributed by atoms with Crippen molar-refractivity contribution in [2.45, 2.75) is 33.1 Å². The molecule has 78 valence electrons.